The van der Waals surface area contributed by atoms with Gasteiger partial charge in [0.05, 0.1) is 4.92 Å². The van der Waals surface area contributed by atoms with Crippen LogP contribution in [0.25, 0.3) is 0 Å². The van der Waals surface area contributed by atoms with Crippen LogP contribution in [-0.2, 0) is 0 Å². The monoisotopic (exact) mass is 313 g/mol. The van der Waals surface area contributed by atoms with Crippen LogP contribution in [0.1, 0.15) is 23.7 Å². The van der Waals surface area contributed by atoms with E-state index in [0.29, 0.717) is 18.3 Å². The molecule has 1 aromatic carbocycles. The zero-order chi connectivity index (χ0) is 15.6. The Labute approximate surface area is 125 Å². The molecule has 0 spiro atoms. The summed E-state index contributed by atoms with van der Waals surface area (Å²) in [6.07, 6.45) is 0.904. The molecule has 0 radical (unpaired) electrons. The molecule has 1 fully saturated rings. The van der Waals surface area contributed by atoms with E-state index in [9.17, 15) is 19.3 Å². The van der Waals surface area contributed by atoms with Crippen molar-refractivity contribution in [1.82, 2.24) is 4.90 Å². The number of thioether (sulfide) groups is 1. The van der Waals surface area contributed by atoms with Crippen LogP contribution in [0, 0.1) is 15.9 Å². The second kappa shape index (κ2) is 6.30. The second-order valence-corrected chi connectivity index (χ2v) is 6.17. The average Bonchev–Trinajstić information content (AvgIpc) is 2.46. The molecule has 21 heavy (non-hydrogen) atoms. The van der Waals surface area contributed by atoms with Gasteiger partial charge in [0.2, 0.25) is 0 Å². The highest BCUT2D eigenvalue weighted by Crippen LogP contribution is 2.30. The van der Waals surface area contributed by atoms with E-state index in [4.69, 9.17) is 5.73 Å². The predicted molar refractivity (Wildman–Crippen MR) is 79.9 cm³/mol. The maximum Gasteiger partial charge on any atom is 0.293 e. The Morgan fingerprint density at radius 1 is 1.62 bits per heavy atom. The van der Waals surface area contributed by atoms with E-state index < -0.39 is 33.6 Å². The largest absolute Gasteiger partial charge is 0.392 e. The van der Waals surface area contributed by atoms with E-state index in [-0.39, 0.29) is 0 Å². The minimum Gasteiger partial charge on any atom is -0.392 e. The molecule has 1 saturated heterocycles. The lowest BCUT2D eigenvalue weighted by Crippen LogP contribution is -2.42. The van der Waals surface area contributed by atoms with Gasteiger partial charge < -0.3 is 10.6 Å². The summed E-state index contributed by atoms with van der Waals surface area (Å²) in [6.45, 7) is 3.01. The van der Waals surface area contributed by atoms with Crippen molar-refractivity contribution in [2.45, 2.75) is 18.6 Å². The Hall–Kier alpha value is -1.83. The fraction of sp³-hybridized carbons (Fsp3) is 0.462. The number of nitro benzene ring substituents is 1. The van der Waals surface area contributed by atoms with Crippen molar-refractivity contribution in [3.63, 3.8) is 0 Å². The first-order chi connectivity index (χ1) is 9.95. The number of nitrogens with two attached hydrogens (primary N) is 1. The Kier molecular flexibility index (Phi) is 4.66. The number of nitrogens with zero attached hydrogens (tertiary/aromatic N) is 2. The Balaban J connectivity index is 2.34. The molecule has 1 atom stereocenters. The number of halogens is 1. The topological polar surface area (TPSA) is 89.5 Å². The summed E-state index contributed by atoms with van der Waals surface area (Å²) in [4.78, 5) is 24.1. The average molecular weight is 313 g/mol. The molecule has 0 bridgehead atoms. The van der Waals surface area contributed by atoms with Crippen molar-refractivity contribution in [3.8, 4) is 0 Å². The van der Waals surface area contributed by atoms with Crippen LogP contribution in [0.4, 0.5) is 15.8 Å². The quantitative estimate of drug-likeness (QED) is 0.525. The van der Waals surface area contributed by atoms with Gasteiger partial charge in [0, 0.05) is 30.2 Å². The van der Waals surface area contributed by atoms with Crippen molar-refractivity contribution in [3.05, 3.63) is 33.6 Å². The van der Waals surface area contributed by atoms with Crippen molar-refractivity contribution in [2.75, 3.05) is 24.6 Å². The van der Waals surface area contributed by atoms with E-state index >= 15 is 0 Å². The highest BCUT2D eigenvalue weighted by atomic mass is 32.2. The van der Waals surface area contributed by atoms with E-state index in [1.165, 1.54) is 4.90 Å². The summed E-state index contributed by atoms with van der Waals surface area (Å²) < 4.78 is 13.9. The highest BCUT2D eigenvalue weighted by molar-refractivity contribution is 8.00. The molecule has 0 saturated carbocycles. The molecular weight excluding hydrogens is 297 g/mol. The number of carbonyl (C=O) groups excluding carboxylic acids is 1. The predicted octanol–water partition coefficient (Wildman–Crippen LogP) is 2.28. The second-order valence-electron chi connectivity index (χ2n) is 4.76. The van der Waals surface area contributed by atoms with E-state index in [1.807, 2.05) is 6.92 Å². The minimum atomic E-state index is -0.825. The smallest absolute Gasteiger partial charge is 0.293 e. The van der Waals surface area contributed by atoms with Gasteiger partial charge in [-0.2, -0.15) is 11.8 Å². The minimum absolute atomic E-state index is 0.297. The van der Waals surface area contributed by atoms with Crippen molar-refractivity contribution < 1.29 is 14.1 Å². The molecule has 1 amide bonds. The molecule has 2 rings (SSSR count). The normalized spacial score (nSPS) is 18.6. The van der Waals surface area contributed by atoms with E-state index in [1.54, 1.807) is 11.8 Å². The van der Waals surface area contributed by atoms with Gasteiger partial charge in [-0.3, -0.25) is 14.9 Å². The molecule has 2 N–H and O–H groups in total. The number of hydrogen-bond acceptors (Lipinski definition) is 5. The molecule has 0 aromatic heterocycles. The van der Waals surface area contributed by atoms with Gasteiger partial charge in [0.25, 0.3) is 11.6 Å². The fourth-order valence-corrected chi connectivity index (χ4v) is 3.45. The molecule has 6 nitrogen and oxygen atoms in total. The third-order valence-electron chi connectivity index (χ3n) is 3.46. The summed E-state index contributed by atoms with van der Waals surface area (Å²) in [5, 5.41) is 11.2. The Bertz CT molecular complexity index is 582. The summed E-state index contributed by atoms with van der Waals surface area (Å²) in [6, 6.07) is 1.89. The number of benzene rings is 1. The molecule has 114 valence electrons. The zero-order valence-corrected chi connectivity index (χ0v) is 12.4. The number of hydrogen-bond donors (Lipinski definition) is 1. The van der Waals surface area contributed by atoms with Gasteiger partial charge in [-0.15, -0.1) is 0 Å². The molecule has 1 aliphatic rings. The summed E-state index contributed by atoms with van der Waals surface area (Å²) in [5.41, 5.74) is 4.38. The molecule has 1 unspecified atom stereocenters. The summed E-state index contributed by atoms with van der Waals surface area (Å²) >= 11 is 1.77. The maximum atomic E-state index is 13.9. The van der Waals surface area contributed by atoms with E-state index in [2.05, 4.69) is 0 Å². The first-order valence-corrected chi connectivity index (χ1v) is 7.63. The lowest BCUT2D eigenvalue weighted by atomic mass is 10.1. The van der Waals surface area contributed by atoms with Crippen molar-refractivity contribution in [1.29, 1.82) is 0 Å². The van der Waals surface area contributed by atoms with Gasteiger partial charge >= 0.3 is 0 Å². The molecular formula is C13H16FN3O3S. The van der Waals surface area contributed by atoms with Crippen LogP contribution in [0.5, 0.6) is 0 Å². The van der Waals surface area contributed by atoms with Crippen LogP contribution < -0.4 is 5.73 Å². The third-order valence-corrected chi connectivity index (χ3v) is 4.84. The van der Waals surface area contributed by atoms with Gasteiger partial charge in [0.1, 0.15) is 17.1 Å². The van der Waals surface area contributed by atoms with Gasteiger partial charge in [-0.05, 0) is 12.5 Å². The number of nitrogen functional groups attached to an aromatic ring is 1. The van der Waals surface area contributed by atoms with Gasteiger partial charge in [0.15, 0.2) is 0 Å². The standard InChI is InChI=1S/C13H16FN3O3S/c1-2-8-7-16(5-6-21-8)13(18)11-9(14)3-4-10(12(11)15)17(19)20/h3-4,8H,2,5-7,15H2,1H3. The van der Waals surface area contributed by atoms with Crippen LogP contribution >= 0.6 is 11.8 Å². The molecule has 0 aliphatic carbocycles. The Morgan fingerprint density at radius 2 is 2.33 bits per heavy atom. The number of amides is 1. The number of carbonyl (C=O) groups is 1. The van der Waals surface area contributed by atoms with Crippen LogP contribution in [0.3, 0.4) is 0 Å². The number of anilines is 1. The number of rotatable bonds is 3. The Morgan fingerprint density at radius 3 is 2.95 bits per heavy atom. The maximum absolute atomic E-state index is 13.9. The molecule has 1 aliphatic heterocycles. The van der Waals surface area contributed by atoms with Crippen LogP contribution in [-0.4, -0.2) is 39.8 Å². The van der Waals surface area contributed by atoms with Gasteiger partial charge in [-0.1, -0.05) is 6.92 Å². The lowest BCUT2D eigenvalue weighted by Gasteiger charge is -2.32. The van der Waals surface area contributed by atoms with Crippen LogP contribution in [0.2, 0.25) is 0 Å². The lowest BCUT2D eigenvalue weighted by molar-refractivity contribution is -0.384. The fourth-order valence-electron chi connectivity index (χ4n) is 2.27. The molecule has 1 aromatic rings. The molecule has 1 heterocycles. The SMILES string of the molecule is CCC1CN(C(=O)c2c(F)ccc([N+](=O)[O-])c2N)CCS1. The number of nitro groups is 1. The first-order valence-electron chi connectivity index (χ1n) is 6.59. The highest BCUT2D eigenvalue weighted by Gasteiger charge is 2.30. The van der Waals surface area contributed by atoms with Gasteiger partial charge in [-0.25, -0.2) is 4.39 Å². The first kappa shape index (κ1) is 15.6. The van der Waals surface area contributed by atoms with Crippen LogP contribution in [0.15, 0.2) is 12.1 Å². The summed E-state index contributed by atoms with van der Waals surface area (Å²) in [7, 11) is 0. The van der Waals surface area contributed by atoms with E-state index in [0.717, 1.165) is 24.3 Å². The molecule has 8 heteroatoms. The third kappa shape index (κ3) is 3.10. The summed E-state index contributed by atoms with van der Waals surface area (Å²) in [5.74, 6) is -0.637. The van der Waals surface area contributed by atoms with Crippen molar-refractivity contribution in [2.24, 2.45) is 0 Å². The zero-order valence-electron chi connectivity index (χ0n) is 11.5. The van der Waals surface area contributed by atoms with Crippen molar-refractivity contribution >= 4 is 29.0 Å².